The average molecular weight is 212 g/mol. The molecule has 0 aromatic heterocycles. The minimum absolute atomic E-state index is 0.0415. The van der Waals surface area contributed by atoms with E-state index in [1.54, 1.807) is 0 Å². The van der Waals surface area contributed by atoms with Crippen LogP contribution >= 0.6 is 0 Å². The summed E-state index contributed by atoms with van der Waals surface area (Å²) in [6.45, 7) is -0.248. The SMILES string of the molecule is O=C(COc1c(F)cccc1F)C1CC1. The molecule has 15 heavy (non-hydrogen) atoms. The summed E-state index contributed by atoms with van der Waals surface area (Å²) in [5, 5.41) is 0. The second-order valence-corrected chi connectivity index (χ2v) is 3.58. The first kappa shape index (κ1) is 10.1. The van der Waals surface area contributed by atoms with Gasteiger partial charge in [0.2, 0.25) is 0 Å². The molecule has 1 aromatic carbocycles. The second kappa shape index (κ2) is 3.96. The van der Waals surface area contributed by atoms with Crippen LogP contribution in [0.15, 0.2) is 18.2 Å². The number of carbonyl (C=O) groups is 1. The van der Waals surface area contributed by atoms with Crippen LogP contribution in [-0.4, -0.2) is 12.4 Å². The van der Waals surface area contributed by atoms with Crippen molar-refractivity contribution in [1.29, 1.82) is 0 Å². The smallest absolute Gasteiger partial charge is 0.191 e. The molecule has 1 aliphatic carbocycles. The third kappa shape index (κ3) is 2.32. The van der Waals surface area contributed by atoms with Crippen molar-refractivity contribution in [1.82, 2.24) is 0 Å². The summed E-state index contributed by atoms with van der Waals surface area (Å²) in [6.07, 6.45) is 1.73. The van der Waals surface area contributed by atoms with Gasteiger partial charge in [0.1, 0.15) is 6.61 Å². The zero-order valence-electron chi connectivity index (χ0n) is 8.00. The van der Waals surface area contributed by atoms with Gasteiger partial charge in [0.05, 0.1) is 0 Å². The zero-order valence-corrected chi connectivity index (χ0v) is 8.00. The molecule has 1 aliphatic rings. The molecule has 0 saturated heterocycles. The van der Waals surface area contributed by atoms with Crippen LogP contribution in [0.5, 0.6) is 5.75 Å². The Morgan fingerprint density at radius 2 is 1.93 bits per heavy atom. The van der Waals surface area contributed by atoms with Gasteiger partial charge in [-0.2, -0.15) is 0 Å². The number of Topliss-reactive ketones (excluding diaryl/α,β-unsaturated/α-hetero) is 1. The van der Waals surface area contributed by atoms with Crippen LogP contribution in [0.25, 0.3) is 0 Å². The number of ether oxygens (including phenoxy) is 1. The van der Waals surface area contributed by atoms with E-state index in [9.17, 15) is 13.6 Å². The summed E-state index contributed by atoms with van der Waals surface area (Å²) in [4.78, 5) is 11.2. The lowest BCUT2D eigenvalue weighted by Gasteiger charge is -2.06. The average Bonchev–Trinajstić information content (AvgIpc) is 2.99. The van der Waals surface area contributed by atoms with Gasteiger partial charge in [-0.05, 0) is 25.0 Å². The van der Waals surface area contributed by atoms with Crippen molar-refractivity contribution in [2.45, 2.75) is 12.8 Å². The third-order valence-corrected chi connectivity index (χ3v) is 2.31. The predicted octanol–water partition coefficient (Wildman–Crippen LogP) is 2.32. The van der Waals surface area contributed by atoms with E-state index in [2.05, 4.69) is 0 Å². The van der Waals surface area contributed by atoms with E-state index >= 15 is 0 Å². The number of para-hydroxylation sites is 1. The molecule has 2 rings (SSSR count). The molecular weight excluding hydrogens is 202 g/mol. The van der Waals surface area contributed by atoms with Crippen LogP contribution in [0.1, 0.15) is 12.8 Å². The standard InChI is InChI=1S/C11H10F2O2/c12-8-2-1-3-9(13)11(8)15-6-10(14)7-4-5-7/h1-3,7H,4-6H2. The lowest BCUT2D eigenvalue weighted by atomic mass is 10.3. The molecule has 1 fully saturated rings. The molecular formula is C11H10F2O2. The number of halogens is 2. The van der Waals surface area contributed by atoms with Crippen LogP contribution in [-0.2, 0) is 4.79 Å². The molecule has 0 radical (unpaired) electrons. The van der Waals surface area contributed by atoms with Gasteiger partial charge in [-0.1, -0.05) is 6.07 Å². The van der Waals surface area contributed by atoms with Crippen molar-refractivity contribution in [3.8, 4) is 5.75 Å². The summed E-state index contributed by atoms with van der Waals surface area (Å²) in [5.74, 6) is -2.07. The lowest BCUT2D eigenvalue weighted by molar-refractivity contribution is -0.122. The highest BCUT2D eigenvalue weighted by atomic mass is 19.1. The Kier molecular flexibility index (Phi) is 2.66. The van der Waals surface area contributed by atoms with Crippen molar-refractivity contribution in [3.05, 3.63) is 29.8 Å². The van der Waals surface area contributed by atoms with Crippen LogP contribution in [0.4, 0.5) is 8.78 Å². The fraction of sp³-hybridized carbons (Fsp3) is 0.364. The van der Waals surface area contributed by atoms with Crippen molar-refractivity contribution >= 4 is 5.78 Å². The molecule has 80 valence electrons. The molecule has 1 saturated carbocycles. The minimum Gasteiger partial charge on any atom is -0.480 e. The molecule has 0 spiro atoms. The summed E-state index contributed by atoms with van der Waals surface area (Å²) >= 11 is 0. The van der Waals surface area contributed by atoms with E-state index < -0.39 is 17.4 Å². The molecule has 0 heterocycles. The maximum Gasteiger partial charge on any atom is 0.191 e. The molecule has 2 nitrogen and oxygen atoms in total. The molecule has 0 N–H and O–H groups in total. The molecule has 0 bridgehead atoms. The van der Waals surface area contributed by atoms with Crippen LogP contribution in [0.2, 0.25) is 0 Å². The molecule has 1 aromatic rings. The molecule has 4 heteroatoms. The highest BCUT2D eigenvalue weighted by Gasteiger charge is 2.29. The maximum atomic E-state index is 13.0. The van der Waals surface area contributed by atoms with Gasteiger partial charge in [0.25, 0.3) is 0 Å². The first-order valence-electron chi connectivity index (χ1n) is 4.78. The van der Waals surface area contributed by atoms with Crippen LogP contribution in [0, 0.1) is 17.6 Å². The van der Waals surface area contributed by atoms with E-state index in [-0.39, 0.29) is 18.3 Å². The summed E-state index contributed by atoms with van der Waals surface area (Å²) < 4.78 is 30.9. The summed E-state index contributed by atoms with van der Waals surface area (Å²) in [6, 6.07) is 3.44. The number of benzene rings is 1. The number of hydrogen-bond acceptors (Lipinski definition) is 2. The topological polar surface area (TPSA) is 26.3 Å². The van der Waals surface area contributed by atoms with Crippen molar-refractivity contribution in [2.24, 2.45) is 5.92 Å². The van der Waals surface area contributed by atoms with E-state index in [0.29, 0.717) is 0 Å². The van der Waals surface area contributed by atoms with Crippen molar-refractivity contribution in [3.63, 3.8) is 0 Å². The Morgan fingerprint density at radius 3 is 2.47 bits per heavy atom. The van der Waals surface area contributed by atoms with Gasteiger partial charge in [0, 0.05) is 5.92 Å². The Hall–Kier alpha value is -1.45. The fourth-order valence-corrected chi connectivity index (χ4v) is 1.29. The van der Waals surface area contributed by atoms with Gasteiger partial charge in [0.15, 0.2) is 23.2 Å². The maximum absolute atomic E-state index is 13.0. The fourth-order valence-electron chi connectivity index (χ4n) is 1.29. The first-order valence-corrected chi connectivity index (χ1v) is 4.78. The third-order valence-electron chi connectivity index (χ3n) is 2.31. The highest BCUT2D eigenvalue weighted by Crippen LogP contribution is 2.30. The molecule has 0 unspecified atom stereocenters. The number of rotatable bonds is 4. The van der Waals surface area contributed by atoms with Gasteiger partial charge >= 0.3 is 0 Å². The van der Waals surface area contributed by atoms with Crippen LogP contribution < -0.4 is 4.74 Å². The Labute approximate surface area is 85.9 Å². The minimum atomic E-state index is -0.779. The monoisotopic (exact) mass is 212 g/mol. The number of ketones is 1. The first-order chi connectivity index (χ1) is 7.18. The van der Waals surface area contributed by atoms with Gasteiger partial charge in [-0.15, -0.1) is 0 Å². The Balaban J connectivity index is 2.00. The number of hydrogen-bond donors (Lipinski definition) is 0. The van der Waals surface area contributed by atoms with Gasteiger partial charge in [-0.25, -0.2) is 8.78 Å². The van der Waals surface area contributed by atoms with E-state index in [1.165, 1.54) is 6.07 Å². The van der Waals surface area contributed by atoms with Crippen molar-refractivity contribution in [2.75, 3.05) is 6.61 Å². The summed E-state index contributed by atoms with van der Waals surface area (Å²) in [5.41, 5.74) is 0. The van der Waals surface area contributed by atoms with E-state index in [4.69, 9.17) is 4.74 Å². The normalized spacial score (nSPS) is 15.1. The predicted molar refractivity (Wildman–Crippen MR) is 49.6 cm³/mol. The quantitative estimate of drug-likeness (QED) is 0.765. The Bertz CT molecular complexity index is 366. The van der Waals surface area contributed by atoms with E-state index in [1.807, 2.05) is 0 Å². The largest absolute Gasteiger partial charge is 0.480 e. The molecule has 0 aliphatic heterocycles. The van der Waals surface area contributed by atoms with E-state index in [0.717, 1.165) is 25.0 Å². The second-order valence-electron chi connectivity index (χ2n) is 3.58. The lowest BCUT2D eigenvalue weighted by Crippen LogP contribution is -2.14. The number of carbonyl (C=O) groups excluding carboxylic acids is 1. The zero-order chi connectivity index (χ0) is 10.8. The van der Waals surface area contributed by atoms with Gasteiger partial charge in [-0.3, -0.25) is 4.79 Å². The van der Waals surface area contributed by atoms with Crippen molar-refractivity contribution < 1.29 is 18.3 Å². The molecule has 0 amide bonds. The summed E-state index contributed by atoms with van der Waals surface area (Å²) in [7, 11) is 0. The molecule has 0 atom stereocenters. The van der Waals surface area contributed by atoms with Gasteiger partial charge < -0.3 is 4.74 Å². The Morgan fingerprint density at radius 1 is 1.33 bits per heavy atom. The highest BCUT2D eigenvalue weighted by molar-refractivity contribution is 5.84. The van der Waals surface area contributed by atoms with Crippen LogP contribution in [0.3, 0.4) is 0 Å².